The highest BCUT2D eigenvalue weighted by atomic mass is 35.5. The van der Waals surface area contributed by atoms with Gasteiger partial charge in [-0.1, -0.05) is 11.6 Å². The Labute approximate surface area is 181 Å². The van der Waals surface area contributed by atoms with Gasteiger partial charge in [-0.25, -0.2) is 18.1 Å². The number of aromatic nitrogens is 1. The van der Waals surface area contributed by atoms with Crippen molar-refractivity contribution in [2.24, 2.45) is 0 Å². The molecule has 0 unspecified atom stereocenters. The van der Waals surface area contributed by atoms with Crippen LogP contribution in [-0.4, -0.2) is 19.3 Å². The predicted molar refractivity (Wildman–Crippen MR) is 116 cm³/mol. The number of fused-ring (bicyclic) bond motifs is 1. The third-order valence-corrected chi connectivity index (χ3v) is 7.07. The van der Waals surface area contributed by atoms with Crippen molar-refractivity contribution in [3.8, 4) is 0 Å². The molecule has 0 bridgehead atoms. The highest BCUT2D eigenvalue weighted by Gasteiger charge is 2.20. The normalized spacial score (nSPS) is 11.7. The van der Waals surface area contributed by atoms with Gasteiger partial charge >= 0.3 is 0 Å². The lowest BCUT2D eigenvalue weighted by molar-refractivity contribution is 0.102. The molecule has 2 heterocycles. The summed E-state index contributed by atoms with van der Waals surface area (Å²) in [5.41, 5.74) is 1.61. The summed E-state index contributed by atoms with van der Waals surface area (Å²) < 4.78 is 33.8. The maximum atomic E-state index is 12.7. The Bertz CT molecular complexity index is 1330. The first-order valence-corrected chi connectivity index (χ1v) is 11.5. The summed E-state index contributed by atoms with van der Waals surface area (Å²) in [5.74, 6) is 0.00651. The van der Waals surface area contributed by atoms with Crippen LogP contribution < -0.4 is 10.0 Å². The molecule has 0 fully saturated rings. The molecule has 0 radical (unpaired) electrons. The van der Waals surface area contributed by atoms with Crippen molar-refractivity contribution in [1.82, 2.24) is 9.71 Å². The monoisotopic (exact) mass is 461 g/mol. The van der Waals surface area contributed by atoms with E-state index >= 15 is 0 Å². The molecule has 30 heavy (non-hydrogen) atoms. The van der Waals surface area contributed by atoms with E-state index < -0.39 is 15.9 Å². The number of hydrogen-bond donors (Lipinski definition) is 2. The third-order valence-electron chi connectivity index (χ3n) is 4.25. The van der Waals surface area contributed by atoms with E-state index in [0.29, 0.717) is 11.4 Å². The summed E-state index contributed by atoms with van der Waals surface area (Å²) in [6, 6.07) is 12.8. The zero-order valence-corrected chi connectivity index (χ0v) is 18.1. The Balaban J connectivity index is 1.55. The van der Waals surface area contributed by atoms with Crippen LogP contribution in [0.5, 0.6) is 0 Å². The van der Waals surface area contributed by atoms with Crippen LogP contribution in [0.1, 0.15) is 21.1 Å². The van der Waals surface area contributed by atoms with E-state index in [0.717, 1.165) is 15.2 Å². The van der Waals surface area contributed by atoms with Gasteiger partial charge in [-0.2, -0.15) is 0 Å². The fourth-order valence-electron chi connectivity index (χ4n) is 2.83. The molecule has 4 rings (SSSR count). The summed E-state index contributed by atoms with van der Waals surface area (Å²) >= 11 is 7.62. The zero-order valence-electron chi connectivity index (χ0n) is 15.7. The molecule has 4 aromatic rings. The van der Waals surface area contributed by atoms with E-state index in [4.69, 9.17) is 16.0 Å². The van der Waals surface area contributed by atoms with Crippen molar-refractivity contribution in [2.45, 2.75) is 18.4 Å². The minimum absolute atomic E-state index is 0.0139. The number of sulfonamides is 1. The molecule has 0 aliphatic rings. The number of carbonyl (C=O) groups is 1. The Morgan fingerprint density at radius 2 is 2.03 bits per heavy atom. The molecule has 0 spiro atoms. The first-order valence-electron chi connectivity index (χ1n) is 8.82. The largest absolute Gasteiger partial charge is 0.468 e. The predicted octanol–water partition coefficient (Wildman–Crippen LogP) is 4.58. The Morgan fingerprint density at radius 1 is 1.20 bits per heavy atom. The molecule has 0 aliphatic carbocycles. The molecule has 2 N–H and O–H groups in total. The number of furan rings is 1. The standard InChI is InChI=1S/C20H16ClN3O4S2/c1-12-23-17-7-5-14(10-18(17)29-12)24-20(25)13-4-6-16(21)19(9-13)30(26,27)22-11-15-3-2-8-28-15/h2-10,22H,11H2,1H3,(H,24,25). The van der Waals surface area contributed by atoms with Crippen LogP contribution in [0.4, 0.5) is 5.69 Å². The number of halogens is 1. The lowest BCUT2D eigenvalue weighted by atomic mass is 10.2. The van der Waals surface area contributed by atoms with Gasteiger partial charge in [0.25, 0.3) is 5.91 Å². The van der Waals surface area contributed by atoms with Crippen LogP contribution >= 0.6 is 22.9 Å². The van der Waals surface area contributed by atoms with Crippen molar-refractivity contribution < 1.29 is 17.6 Å². The average Bonchev–Trinajstić information content (AvgIpc) is 3.35. The average molecular weight is 462 g/mol. The molecule has 7 nitrogen and oxygen atoms in total. The smallest absolute Gasteiger partial charge is 0.255 e. The van der Waals surface area contributed by atoms with Gasteiger partial charge in [-0.3, -0.25) is 4.79 Å². The van der Waals surface area contributed by atoms with Crippen molar-refractivity contribution in [3.63, 3.8) is 0 Å². The quantitative estimate of drug-likeness (QED) is 0.437. The van der Waals surface area contributed by atoms with Gasteiger partial charge in [0.15, 0.2) is 0 Å². The highest BCUT2D eigenvalue weighted by Crippen LogP contribution is 2.26. The van der Waals surface area contributed by atoms with Crippen LogP contribution in [0.25, 0.3) is 10.2 Å². The van der Waals surface area contributed by atoms with Crippen LogP contribution in [0.3, 0.4) is 0 Å². The SMILES string of the molecule is Cc1nc2ccc(NC(=O)c3ccc(Cl)c(S(=O)(=O)NCc4ccco4)c3)cc2s1. The van der Waals surface area contributed by atoms with E-state index in [9.17, 15) is 13.2 Å². The second kappa shape index (κ2) is 8.19. The maximum absolute atomic E-state index is 12.7. The van der Waals surface area contributed by atoms with Crippen LogP contribution in [0.2, 0.25) is 5.02 Å². The summed E-state index contributed by atoms with van der Waals surface area (Å²) in [5, 5.41) is 3.73. The fourth-order valence-corrected chi connectivity index (χ4v) is 5.21. The number of anilines is 1. The molecule has 0 saturated heterocycles. The summed E-state index contributed by atoms with van der Waals surface area (Å²) in [7, 11) is -3.95. The third kappa shape index (κ3) is 4.39. The van der Waals surface area contributed by atoms with Crippen LogP contribution in [0.15, 0.2) is 64.1 Å². The zero-order chi connectivity index (χ0) is 21.3. The molecular formula is C20H16ClN3O4S2. The number of rotatable bonds is 6. The number of carbonyl (C=O) groups excluding carboxylic acids is 1. The second-order valence-corrected chi connectivity index (χ2v) is 9.80. The summed E-state index contributed by atoms with van der Waals surface area (Å²) in [6.45, 7) is 1.88. The number of amides is 1. The van der Waals surface area contributed by atoms with Crippen molar-refractivity contribution in [2.75, 3.05) is 5.32 Å². The van der Waals surface area contributed by atoms with Crippen molar-refractivity contribution in [1.29, 1.82) is 0 Å². The topological polar surface area (TPSA) is 101 Å². The van der Waals surface area contributed by atoms with Crippen LogP contribution in [0, 0.1) is 6.92 Å². The van der Waals surface area contributed by atoms with E-state index in [2.05, 4.69) is 15.0 Å². The molecule has 1 amide bonds. The molecule has 10 heteroatoms. The number of benzene rings is 2. The molecule has 0 aliphatic heterocycles. The molecule has 0 atom stereocenters. The van der Waals surface area contributed by atoms with Gasteiger partial charge in [-0.15, -0.1) is 11.3 Å². The maximum Gasteiger partial charge on any atom is 0.255 e. The number of nitrogens with one attached hydrogen (secondary N) is 2. The number of hydrogen-bond acceptors (Lipinski definition) is 6. The number of nitrogens with zero attached hydrogens (tertiary/aromatic N) is 1. The molecular weight excluding hydrogens is 446 g/mol. The Morgan fingerprint density at radius 3 is 2.80 bits per heavy atom. The fraction of sp³-hybridized carbons (Fsp3) is 0.100. The van der Waals surface area contributed by atoms with Crippen molar-refractivity contribution >= 4 is 54.8 Å². The van der Waals surface area contributed by atoms with Crippen LogP contribution in [-0.2, 0) is 16.6 Å². The van der Waals surface area contributed by atoms with Crippen molar-refractivity contribution in [3.05, 3.63) is 76.1 Å². The molecule has 0 saturated carbocycles. The molecule has 2 aromatic heterocycles. The number of thiazole rings is 1. The Hall–Kier alpha value is -2.72. The van der Waals surface area contributed by atoms with E-state index in [1.54, 1.807) is 18.2 Å². The molecule has 154 valence electrons. The lowest BCUT2D eigenvalue weighted by Gasteiger charge is -2.10. The van der Waals surface area contributed by atoms with E-state index in [1.165, 1.54) is 35.8 Å². The molecule has 2 aromatic carbocycles. The van der Waals surface area contributed by atoms with E-state index in [1.807, 2.05) is 19.1 Å². The summed E-state index contributed by atoms with van der Waals surface area (Å²) in [6.07, 6.45) is 1.45. The first-order chi connectivity index (χ1) is 14.3. The van der Waals surface area contributed by atoms with Gasteiger partial charge in [-0.05, 0) is 55.5 Å². The first kappa shape index (κ1) is 20.5. The van der Waals surface area contributed by atoms with E-state index in [-0.39, 0.29) is 22.0 Å². The van der Waals surface area contributed by atoms with Gasteiger partial charge in [0.1, 0.15) is 10.7 Å². The minimum atomic E-state index is -3.95. The minimum Gasteiger partial charge on any atom is -0.468 e. The number of aryl methyl sites for hydroxylation is 1. The van der Waals surface area contributed by atoms with Gasteiger partial charge in [0.05, 0.1) is 33.1 Å². The lowest BCUT2D eigenvalue weighted by Crippen LogP contribution is -2.24. The summed E-state index contributed by atoms with van der Waals surface area (Å²) in [4.78, 5) is 16.9. The highest BCUT2D eigenvalue weighted by molar-refractivity contribution is 7.89. The Kier molecular flexibility index (Phi) is 5.61. The second-order valence-electron chi connectivity index (χ2n) is 6.42. The van der Waals surface area contributed by atoms with Gasteiger partial charge < -0.3 is 9.73 Å². The van der Waals surface area contributed by atoms with Gasteiger partial charge in [0, 0.05) is 11.3 Å². The van der Waals surface area contributed by atoms with Gasteiger partial charge in [0.2, 0.25) is 10.0 Å².